The van der Waals surface area contributed by atoms with Crippen LogP contribution in [0.1, 0.15) is 67.6 Å². The fourth-order valence-corrected chi connectivity index (χ4v) is 9.91. The van der Waals surface area contributed by atoms with Gasteiger partial charge in [-0.25, -0.2) is 4.58 Å². The summed E-state index contributed by atoms with van der Waals surface area (Å²) in [7, 11) is 0. The van der Waals surface area contributed by atoms with Gasteiger partial charge in [0.25, 0.3) is 5.91 Å². The zero-order valence-corrected chi connectivity index (χ0v) is 43.1. The van der Waals surface area contributed by atoms with Crippen molar-refractivity contribution < 1.29 is 28.4 Å². The SMILES string of the molecule is CCN(CC)c1ccc2c(-c3ccccc3C(=O)NCCCCN3CC(=O)N[C@@H](Cc4ccccc4)C(=O)N(Cc4ccccc4)CC(=O)N(Cc4ccccc4)CC3=O)c3ccc(=[N+](CC)CC)cc-3oc2c1. The van der Waals surface area contributed by atoms with Crippen LogP contribution in [0.4, 0.5) is 5.69 Å². The average molecular weight is 995 g/mol. The van der Waals surface area contributed by atoms with E-state index in [0.29, 0.717) is 24.9 Å². The van der Waals surface area contributed by atoms with Crippen molar-refractivity contribution in [3.8, 4) is 22.5 Å². The highest BCUT2D eigenvalue weighted by atomic mass is 16.3. The number of carbonyl (C=O) groups excluding carboxylic acids is 5. The molecule has 5 aromatic carbocycles. The van der Waals surface area contributed by atoms with Gasteiger partial charge < -0.3 is 34.7 Å². The van der Waals surface area contributed by atoms with E-state index in [-0.39, 0.29) is 57.5 Å². The van der Waals surface area contributed by atoms with E-state index in [1.165, 1.54) is 14.7 Å². The summed E-state index contributed by atoms with van der Waals surface area (Å²) in [6.07, 6.45) is 1.13. The summed E-state index contributed by atoms with van der Waals surface area (Å²) in [5.41, 5.74) is 7.37. The minimum atomic E-state index is -1.00. The summed E-state index contributed by atoms with van der Waals surface area (Å²) >= 11 is 0. The number of benzene rings is 6. The van der Waals surface area contributed by atoms with Crippen LogP contribution in [0.15, 0.2) is 156 Å². The van der Waals surface area contributed by atoms with Crippen LogP contribution in [-0.4, -0.2) is 109 Å². The van der Waals surface area contributed by atoms with Crippen molar-refractivity contribution in [2.45, 2.75) is 66.1 Å². The van der Waals surface area contributed by atoms with Gasteiger partial charge in [0.1, 0.15) is 43.6 Å². The molecule has 2 heterocycles. The Hall–Kier alpha value is -8.06. The number of amides is 5. The molecule has 0 unspecified atom stereocenters. The van der Waals surface area contributed by atoms with Crippen LogP contribution < -0.4 is 25.5 Å². The molecule has 0 saturated carbocycles. The Balaban J connectivity index is 1.02. The molecule has 3 aliphatic rings. The Kier molecular flexibility index (Phi) is 17.7. The summed E-state index contributed by atoms with van der Waals surface area (Å²) in [5, 5.41) is 8.05. The number of carbonyl (C=O) groups is 5. The first kappa shape index (κ1) is 52.3. The van der Waals surface area contributed by atoms with E-state index in [4.69, 9.17) is 4.42 Å². The summed E-state index contributed by atoms with van der Waals surface area (Å²) in [5.74, 6) is -1.18. The number of unbranched alkanes of at least 4 members (excludes halogenated alkanes) is 1. The van der Waals surface area contributed by atoms with Crippen LogP contribution in [0.3, 0.4) is 0 Å². The van der Waals surface area contributed by atoms with Gasteiger partial charge in [-0.15, -0.1) is 0 Å². The number of anilines is 1. The van der Waals surface area contributed by atoms with E-state index in [1.54, 1.807) is 0 Å². The van der Waals surface area contributed by atoms with Gasteiger partial charge in [0.2, 0.25) is 29.0 Å². The second-order valence-electron chi connectivity index (χ2n) is 18.7. The van der Waals surface area contributed by atoms with Gasteiger partial charge in [0, 0.05) is 85.6 Å². The van der Waals surface area contributed by atoms with E-state index < -0.39 is 23.8 Å². The normalized spacial score (nSPS) is 14.7. The predicted molar refractivity (Wildman–Crippen MR) is 292 cm³/mol. The van der Waals surface area contributed by atoms with Gasteiger partial charge in [0.05, 0.1) is 12.6 Å². The number of rotatable bonds is 18. The van der Waals surface area contributed by atoms with Crippen LogP contribution in [-0.2, 0) is 38.7 Å². The molecule has 0 aromatic heterocycles. The van der Waals surface area contributed by atoms with Gasteiger partial charge in [0.15, 0.2) is 0 Å². The standard InChI is InChI=1S/C61H67N7O6/c1-5-64(6-2)47-30-32-51-54(37-47)74-55-38-48(65(7-3)8-4)31-33-52(55)59(51)49-28-18-19-29-50(49)60(72)62-34-20-21-35-66-41-56(69)63-53(36-44-22-12-9-13-23-44)61(73)68(40-46-26-16-11-17-27-46)43-58(71)67(42-57(66)70)39-45-24-14-10-15-25-45/h9-19,22-33,37-38,53H,5-8,20-21,34-36,39-43H2,1-4H3,(H-,62,63,69,72)/p+1/t53-/m0/s1. The molecule has 382 valence electrons. The molecule has 1 aliphatic carbocycles. The second kappa shape index (κ2) is 25.1. The Labute approximate surface area is 434 Å². The molecule has 8 rings (SSSR count). The molecule has 0 bridgehead atoms. The third kappa shape index (κ3) is 12.8. The molecule has 13 nitrogen and oxygen atoms in total. The average Bonchev–Trinajstić information content (AvgIpc) is 3.42. The van der Waals surface area contributed by atoms with Crippen LogP contribution in [0, 0.1) is 0 Å². The summed E-state index contributed by atoms with van der Waals surface area (Å²) in [6, 6.07) is 47.5. The van der Waals surface area contributed by atoms with Crippen molar-refractivity contribution in [2.75, 3.05) is 63.8 Å². The minimum absolute atomic E-state index is 0.137. The van der Waals surface area contributed by atoms with Crippen LogP contribution in [0.2, 0.25) is 0 Å². The van der Waals surface area contributed by atoms with Crippen molar-refractivity contribution in [1.82, 2.24) is 29.9 Å². The highest BCUT2D eigenvalue weighted by Crippen LogP contribution is 2.42. The largest absolute Gasteiger partial charge is 0.456 e. The number of nitrogens with zero attached hydrogens (tertiary/aromatic N) is 5. The summed E-state index contributed by atoms with van der Waals surface area (Å²) in [4.78, 5) is 78.5. The lowest BCUT2D eigenvalue weighted by Crippen LogP contribution is -2.56. The molecule has 1 saturated heterocycles. The van der Waals surface area contributed by atoms with E-state index in [0.717, 1.165) is 87.3 Å². The smallest absolute Gasteiger partial charge is 0.251 e. The lowest BCUT2D eigenvalue weighted by Gasteiger charge is -2.33. The van der Waals surface area contributed by atoms with Crippen LogP contribution in [0.25, 0.3) is 33.4 Å². The fourth-order valence-electron chi connectivity index (χ4n) is 9.91. The second-order valence-corrected chi connectivity index (χ2v) is 18.7. The third-order valence-electron chi connectivity index (χ3n) is 13.9. The van der Waals surface area contributed by atoms with Crippen molar-refractivity contribution in [1.29, 1.82) is 0 Å². The van der Waals surface area contributed by atoms with Gasteiger partial charge in [-0.3, -0.25) is 24.0 Å². The third-order valence-corrected chi connectivity index (χ3v) is 13.9. The maximum Gasteiger partial charge on any atom is 0.251 e. The van der Waals surface area contributed by atoms with Gasteiger partial charge in [-0.1, -0.05) is 109 Å². The lowest BCUT2D eigenvalue weighted by molar-refractivity contribution is -0.148. The van der Waals surface area contributed by atoms with E-state index in [9.17, 15) is 24.0 Å². The van der Waals surface area contributed by atoms with Crippen LogP contribution in [0.5, 0.6) is 0 Å². The van der Waals surface area contributed by atoms with E-state index in [2.05, 4.69) is 84.2 Å². The molecule has 0 radical (unpaired) electrons. The molecular weight excluding hydrogens is 927 g/mol. The number of nitrogens with one attached hydrogen (secondary N) is 2. The lowest BCUT2D eigenvalue weighted by atomic mass is 9.90. The molecular formula is C61H68N7O6+. The Morgan fingerprint density at radius 1 is 0.649 bits per heavy atom. The van der Waals surface area contributed by atoms with Gasteiger partial charge >= 0.3 is 0 Å². The molecule has 5 amide bonds. The number of hydrogen-bond donors (Lipinski definition) is 2. The Morgan fingerprint density at radius 2 is 1.26 bits per heavy atom. The van der Waals surface area contributed by atoms with Crippen molar-refractivity contribution in [3.05, 3.63) is 179 Å². The first-order valence-electron chi connectivity index (χ1n) is 26.0. The molecule has 13 heteroatoms. The molecule has 1 fully saturated rings. The van der Waals surface area contributed by atoms with Gasteiger partial charge in [-0.2, -0.15) is 0 Å². The topological polar surface area (TPSA) is 139 Å². The maximum absolute atomic E-state index is 14.6. The monoisotopic (exact) mass is 995 g/mol. The molecule has 0 spiro atoms. The first-order valence-corrected chi connectivity index (χ1v) is 26.0. The van der Waals surface area contributed by atoms with E-state index >= 15 is 0 Å². The fraction of sp³-hybridized carbons (Fsp3) is 0.311. The molecule has 2 N–H and O–H groups in total. The Morgan fingerprint density at radius 3 is 1.92 bits per heavy atom. The zero-order valence-electron chi connectivity index (χ0n) is 43.1. The summed E-state index contributed by atoms with van der Waals surface area (Å²) < 4.78 is 9.00. The van der Waals surface area contributed by atoms with E-state index in [1.807, 2.05) is 115 Å². The predicted octanol–water partition coefficient (Wildman–Crippen LogP) is 8.00. The highest BCUT2D eigenvalue weighted by molar-refractivity contribution is 6.09. The molecule has 5 aromatic rings. The maximum atomic E-state index is 14.6. The zero-order chi connectivity index (χ0) is 52.0. The van der Waals surface area contributed by atoms with Gasteiger partial charge in [-0.05, 0) is 87.1 Å². The number of hydrogen-bond acceptors (Lipinski definition) is 7. The number of fused-ring (bicyclic) bond motifs is 2. The van der Waals surface area contributed by atoms with Crippen LogP contribution >= 0.6 is 0 Å². The minimum Gasteiger partial charge on any atom is -0.456 e. The molecule has 2 aliphatic heterocycles. The molecule has 74 heavy (non-hydrogen) atoms. The Bertz CT molecular complexity index is 3090. The van der Waals surface area contributed by atoms with Crippen molar-refractivity contribution in [3.63, 3.8) is 0 Å². The summed E-state index contributed by atoms with van der Waals surface area (Å²) in [6.45, 7) is 11.8. The first-order chi connectivity index (χ1) is 36.1. The van der Waals surface area contributed by atoms with Crippen molar-refractivity contribution >= 4 is 46.2 Å². The highest BCUT2D eigenvalue weighted by Gasteiger charge is 2.33. The molecule has 1 atom stereocenters. The van der Waals surface area contributed by atoms with Crippen molar-refractivity contribution in [2.24, 2.45) is 0 Å². The quantitative estimate of drug-likeness (QED) is 0.0505.